The van der Waals surface area contributed by atoms with Gasteiger partial charge in [0.1, 0.15) is 0 Å². The minimum Gasteiger partial charge on any atom is -0.309 e. The summed E-state index contributed by atoms with van der Waals surface area (Å²) in [4.78, 5) is 0. The number of hydrogen-bond donors (Lipinski definition) is 1. The molecule has 1 aromatic rings. The molecule has 1 fully saturated rings. The minimum atomic E-state index is 0.498. The SMILES string of the molecule is CCCNC(CC1CCC1)c1ccnn1C. The molecule has 0 aliphatic heterocycles. The van der Waals surface area contributed by atoms with E-state index in [1.165, 1.54) is 37.8 Å². The Morgan fingerprint density at radius 3 is 2.88 bits per heavy atom. The van der Waals surface area contributed by atoms with Gasteiger partial charge < -0.3 is 5.32 Å². The highest BCUT2D eigenvalue weighted by Gasteiger charge is 2.24. The van der Waals surface area contributed by atoms with Gasteiger partial charge in [-0.05, 0) is 31.4 Å². The first-order chi connectivity index (χ1) is 7.81. The number of rotatable bonds is 6. The maximum Gasteiger partial charge on any atom is 0.0550 e. The van der Waals surface area contributed by atoms with Crippen molar-refractivity contribution in [3.8, 4) is 0 Å². The molecule has 1 saturated carbocycles. The van der Waals surface area contributed by atoms with Gasteiger partial charge in [-0.1, -0.05) is 26.2 Å². The molecule has 90 valence electrons. The van der Waals surface area contributed by atoms with Crippen molar-refractivity contribution >= 4 is 0 Å². The summed E-state index contributed by atoms with van der Waals surface area (Å²) in [5.41, 5.74) is 1.33. The lowest BCUT2D eigenvalue weighted by Gasteiger charge is -2.30. The number of nitrogens with zero attached hydrogens (tertiary/aromatic N) is 2. The van der Waals surface area contributed by atoms with Crippen molar-refractivity contribution in [1.82, 2.24) is 15.1 Å². The molecule has 1 aromatic heterocycles. The summed E-state index contributed by atoms with van der Waals surface area (Å²) >= 11 is 0. The average molecular weight is 221 g/mol. The number of aromatic nitrogens is 2. The zero-order valence-corrected chi connectivity index (χ0v) is 10.4. The summed E-state index contributed by atoms with van der Waals surface area (Å²) in [6, 6.07) is 2.64. The van der Waals surface area contributed by atoms with Crippen molar-refractivity contribution in [2.45, 2.75) is 45.1 Å². The highest BCUT2D eigenvalue weighted by atomic mass is 15.3. The first-order valence-electron chi connectivity index (χ1n) is 6.52. The van der Waals surface area contributed by atoms with Crippen molar-refractivity contribution in [3.05, 3.63) is 18.0 Å². The van der Waals surface area contributed by atoms with Crippen molar-refractivity contribution in [2.75, 3.05) is 6.54 Å². The second kappa shape index (κ2) is 5.48. The minimum absolute atomic E-state index is 0.498. The van der Waals surface area contributed by atoms with Crippen LogP contribution in [-0.4, -0.2) is 16.3 Å². The van der Waals surface area contributed by atoms with E-state index in [0.29, 0.717) is 6.04 Å². The number of nitrogens with one attached hydrogen (secondary N) is 1. The predicted octanol–water partition coefficient (Wildman–Crippen LogP) is 2.65. The molecule has 1 N–H and O–H groups in total. The fraction of sp³-hybridized carbons (Fsp3) is 0.769. The third-order valence-electron chi connectivity index (χ3n) is 3.65. The van der Waals surface area contributed by atoms with Gasteiger partial charge in [0.05, 0.1) is 5.69 Å². The smallest absolute Gasteiger partial charge is 0.0550 e. The molecule has 16 heavy (non-hydrogen) atoms. The lowest BCUT2D eigenvalue weighted by atomic mass is 9.80. The van der Waals surface area contributed by atoms with Crippen molar-refractivity contribution in [3.63, 3.8) is 0 Å². The van der Waals surface area contributed by atoms with Crippen LogP contribution in [0.3, 0.4) is 0 Å². The highest BCUT2D eigenvalue weighted by Crippen LogP contribution is 2.34. The number of hydrogen-bond acceptors (Lipinski definition) is 2. The van der Waals surface area contributed by atoms with E-state index < -0.39 is 0 Å². The molecule has 2 rings (SSSR count). The van der Waals surface area contributed by atoms with Crippen LogP contribution in [0.15, 0.2) is 12.3 Å². The second-order valence-corrected chi connectivity index (χ2v) is 4.92. The summed E-state index contributed by atoms with van der Waals surface area (Å²) < 4.78 is 2.01. The van der Waals surface area contributed by atoms with Crippen LogP contribution in [-0.2, 0) is 7.05 Å². The third kappa shape index (κ3) is 2.64. The highest BCUT2D eigenvalue weighted by molar-refractivity contribution is 5.07. The Morgan fingerprint density at radius 2 is 2.38 bits per heavy atom. The molecule has 0 aromatic carbocycles. The zero-order valence-electron chi connectivity index (χ0n) is 10.4. The normalized spacial score (nSPS) is 18.4. The zero-order chi connectivity index (χ0) is 11.4. The van der Waals surface area contributed by atoms with Gasteiger partial charge in [0, 0.05) is 19.3 Å². The van der Waals surface area contributed by atoms with Crippen LogP contribution in [0, 0.1) is 5.92 Å². The van der Waals surface area contributed by atoms with Gasteiger partial charge in [-0.15, -0.1) is 0 Å². The Labute approximate surface area is 98.2 Å². The van der Waals surface area contributed by atoms with E-state index in [1.807, 2.05) is 17.9 Å². The molecular weight excluding hydrogens is 198 g/mol. The summed E-state index contributed by atoms with van der Waals surface area (Å²) in [7, 11) is 2.04. The van der Waals surface area contributed by atoms with Crippen molar-refractivity contribution < 1.29 is 0 Å². The fourth-order valence-electron chi connectivity index (χ4n) is 2.41. The van der Waals surface area contributed by atoms with Crippen LogP contribution in [0.4, 0.5) is 0 Å². The Hall–Kier alpha value is -0.830. The monoisotopic (exact) mass is 221 g/mol. The van der Waals surface area contributed by atoms with Crippen molar-refractivity contribution in [1.29, 1.82) is 0 Å². The summed E-state index contributed by atoms with van der Waals surface area (Å²) in [5, 5.41) is 7.92. The maximum atomic E-state index is 4.27. The molecule has 0 radical (unpaired) electrons. The topological polar surface area (TPSA) is 29.9 Å². The molecule has 0 amide bonds. The molecule has 0 saturated heterocycles. The quantitative estimate of drug-likeness (QED) is 0.800. The lowest BCUT2D eigenvalue weighted by Crippen LogP contribution is -2.28. The standard InChI is InChI=1S/C13H23N3/c1-3-8-14-12(10-11-5-4-6-11)13-7-9-15-16(13)2/h7,9,11-12,14H,3-6,8,10H2,1-2H3. The molecule has 0 bridgehead atoms. The molecule has 1 atom stereocenters. The molecule has 1 unspecified atom stereocenters. The van der Waals surface area contributed by atoms with E-state index in [2.05, 4.69) is 23.4 Å². The summed E-state index contributed by atoms with van der Waals surface area (Å²) in [6.45, 7) is 3.32. The first kappa shape index (κ1) is 11.6. The Morgan fingerprint density at radius 1 is 1.56 bits per heavy atom. The molecule has 0 spiro atoms. The molecule has 1 aliphatic rings. The van der Waals surface area contributed by atoms with Gasteiger partial charge in [-0.25, -0.2) is 0 Å². The maximum absolute atomic E-state index is 4.27. The van der Waals surface area contributed by atoms with Gasteiger partial charge >= 0.3 is 0 Å². The third-order valence-corrected chi connectivity index (χ3v) is 3.65. The van der Waals surface area contributed by atoms with E-state index in [0.717, 1.165) is 12.5 Å². The molecule has 3 nitrogen and oxygen atoms in total. The van der Waals surface area contributed by atoms with Gasteiger partial charge in [0.15, 0.2) is 0 Å². The van der Waals surface area contributed by atoms with Crippen LogP contribution in [0.25, 0.3) is 0 Å². The average Bonchev–Trinajstić information content (AvgIpc) is 2.62. The van der Waals surface area contributed by atoms with E-state index in [9.17, 15) is 0 Å². The second-order valence-electron chi connectivity index (χ2n) is 4.92. The van der Waals surface area contributed by atoms with E-state index in [-0.39, 0.29) is 0 Å². The molecule has 3 heteroatoms. The number of aryl methyl sites for hydroxylation is 1. The Balaban J connectivity index is 1.98. The first-order valence-corrected chi connectivity index (χ1v) is 6.52. The van der Waals surface area contributed by atoms with Crippen LogP contribution in [0.5, 0.6) is 0 Å². The Bertz CT molecular complexity index is 315. The lowest BCUT2D eigenvalue weighted by molar-refractivity contribution is 0.257. The van der Waals surface area contributed by atoms with E-state index in [1.54, 1.807) is 0 Å². The summed E-state index contributed by atoms with van der Waals surface area (Å²) in [5.74, 6) is 0.934. The largest absolute Gasteiger partial charge is 0.309 e. The van der Waals surface area contributed by atoms with Crippen LogP contribution >= 0.6 is 0 Å². The van der Waals surface area contributed by atoms with Gasteiger partial charge in [0.2, 0.25) is 0 Å². The van der Waals surface area contributed by atoms with Gasteiger partial charge in [-0.2, -0.15) is 5.10 Å². The molecule has 1 heterocycles. The van der Waals surface area contributed by atoms with Crippen LogP contribution in [0.2, 0.25) is 0 Å². The van der Waals surface area contributed by atoms with Gasteiger partial charge in [-0.3, -0.25) is 4.68 Å². The van der Waals surface area contributed by atoms with E-state index >= 15 is 0 Å². The summed E-state index contributed by atoms with van der Waals surface area (Å²) in [6.07, 6.45) is 8.64. The van der Waals surface area contributed by atoms with Crippen LogP contribution in [0.1, 0.15) is 50.8 Å². The fourth-order valence-corrected chi connectivity index (χ4v) is 2.41. The predicted molar refractivity (Wildman–Crippen MR) is 66.2 cm³/mol. The van der Waals surface area contributed by atoms with Gasteiger partial charge in [0.25, 0.3) is 0 Å². The van der Waals surface area contributed by atoms with Crippen LogP contribution < -0.4 is 5.32 Å². The Kier molecular flexibility index (Phi) is 3.99. The molecule has 1 aliphatic carbocycles. The molecular formula is C13H23N3. The van der Waals surface area contributed by atoms with Crippen molar-refractivity contribution in [2.24, 2.45) is 13.0 Å². The van der Waals surface area contributed by atoms with E-state index in [4.69, 9.17) is 0 Å².